The molecule has 0 spiro atoms. The van der Waals surface area contributed by atoms with Gasteiger partial charge in [0.05, 0.1) is 12.7 Å². The molecule has 0 saturated heterocycles. The molecule has 5 nitrogen and oxygen atoms in total. The predicted octanol–water partition coefficient (Wildman–Crippen LogP) is 0.198. The number of hydrogen-bond acceptors (Lipinski definition) is 3. The number of hydrogen-bond donors (Lipinski definition) is 1. The molecule has 0 radical (unpaired) electrons. The quantitative estimate of drug-likeness (QED) is 0.534. The topological polar surface area (TPSA) is 59.8 Å². The van der Waals surface area contributed by atoms with Crippen LogP contribution in [-0.2, 0) is 11.3 Å². The Hall–Kier alpha value is -1.83. The lowest BCUT2D eigenvalue weighted by atomic mass is 10.3. The number of aromatic nitrogens is 3. The number of nitrogens with one attached hydrogen (secondary N) is 1. The van der Waals surface area contributed by atoms with Gasteiger partial charge in [-0.05, 0) is 6.42 Å². The van der Waals surface area contributed by atoms with E-state index in [9.17, 15) is 4.79 Å². The molecule has 1 aromatic heterocycles. The van der Waals surface area contributed by atoms with E-state index in [2.05, 4.69) is 21.5 Å². The number of carbonyl (C=O) groups is 1. The van der Waals surface area contributed by atoms with E-state index in [4.69, 9.17) is 6.42 Å². The minimum atomic E-state index is 0.0162. The van der Waals surface area contributed by atoms with Crippen LogP contribution in [-0.4, -0.2) is 27.4 Å². The predicted molar refractivity (Wildman–Crippen MR) is 55.7 cm³/mol. The Morgan fingerprint density at radius 1 is 1.60 bits per heavy atom. The molecular formula is C10H14N4O. The Morgan fingerprint density at radius 2 is 2.47 bits per heavy atom. The molecule has 80 valence electrons. The normalized spacial score (nSPS) is 9.53. The molecule has 1 rings (SSSR count). The van der Waals surface area contributed by atoms with E-state index in [-0.39, 0.29) is 5.91 Å². The second-order valence-electron chi connectivity index (χ2n) is 3.07. The van der Waals surface area contributed by atoms with Crippen molar-refractivity contribution in [2.45, 2.75) is 25.8 Å². The summed E-state index contributed by atoms with van der Waals surface area (Å²) in [5.74, 6) is 2.54. The summed E-state index contributed by atoms with van der Waals surface area (Å²) in [7, 11) is 0. The molecule has 0 aliphatic carbocycles. The van der Waals surface area contributed by atoms with Crippen LogP contribution in [0.1, 0.15) is 19.3 Å². The van der Waals surface area contributed by atoms with E-state index in [0.29, 0.717) is 25.9 Å². The highest BCUT2D eigenvalue weighted by molar-refractivity contribution is 5.75. The lowest BCUT2D eigenvalue weighted by Gasteiger charge is -2.03. The number of rotatable bonds is 6. The van der Waals surface area contributed by atoms with Crippen LogP contribution in [0.2, 0.25) is 0 Å². The van der Waals surface area contributed by atoms with E-state index in [1.165, 1.54) is 0 Å². The van der Waals surface area contributed by atoms with Crippen LogP contribution in [0, 0.1) is 12.3 Å². The molecule has 1 heterocycles. The first-order chi connectivity index (χ1) is 7.33. The van der Waals surface area contributed by atoms with Gasteiger partial charge in [-0.1, -0.05) is 5.21 Å². The van der Waals surface area contributed by atoms with Crippen LogP contribution < -0.4 is 5.32 Å². The fourth-order valence-electron chi connectivity index (χ4n) is 1.07. The number of terminal acetylenes is 1. The first-order valence-electron chi connectivity index (χ1n) is 4.87. The van der Waals surface area contributed by atoms with Crippen molar-refractivity contribution in [3.05, 3.63) is 12.4 Å². The zero-order chi connectivity index (χ0) is 10.9. The summed E-state index contributed by atoms with van der Waals surface area (Å²) in [6.45, 7) is 1.20. The van der Waals surface area contributed by atoms with Gasteiger partial charge in [-0.25, -0.2) is 0 Å². The van der Waals surface area contributed by atoms with Crippen molar-refractivity contribution in [1.29, 1.82) is 0 Å². The molecule has 0 aliphatic heterocycles. The first kappa shape index (κ1) is 11.2. The lowest BCUT2D eigenvalue weighted by molar-refractivity contribution is -0.121. The van der Waals surface area contributed by atoms with Crippen molar-refractivity contribution in [3.63, 3.8) is 0 Å². The Bertz CT molecular complexity index is 326. The maximum Gasteiger partial charge on any atom is 0.221 e. The van der Waals surface area contributed by atoms with Crippen molar-refractivity contribution in [2.24, 2.45) is 0 Å². The summed E-state index contributed by atoms with van der Waals surface area (Å²) in [5.41, 5.74) is 0. The summed E-state index contributed by atoms with van der Waals surface area (Å²) in [5, 5.41) is 10.2. The zero-order valence-corrected chi connectivity index (χ0v) is 8.52. The maximum absolute atomic E-state index is 11.3. The summed E-state index contributed by atoms with van der Waals surface area (Å²) in [6.07, 6.45) is 10.3. The number of amides is 1. The van der Waals surface area contributed by atoms with Gasteiger partial charge in [0.1, 0.15) is 0 Å². The number of nitrogens with zero attached hydrogens (tertiary/aromatic N) is 3. The third-order valence-corrected chi connectivity index (χ3v) is 1.86. The minimum Gasteiger partial charge on any atom is -0.356 e. The molecule has 1 amide bonds. The average Bonchev–Trinajstić information content (AvgIpc) is 2.74. The van der Waals surface area contributed by atoms with Crippen molar-refractivity contribution in [3.8, 4) is 12.3 Å². The number of unbranched alkanes of at least 4 members (excludes halogenated alkanes) is 1. The second-order valence-corrected chi connectivity index (χ2v) is 3.07. The largest absolute Gasteiger partial charge is 0.356 e. The van der Waals surface area contributed by atoms with E-state index < -0.39 is 0 Å². The fraction of sp³-hybridized carbons (Fsp3) is 0.500. The number of aryl methyl sites for hydroxylation is 1. The molecule has 0 saturated carbocycles. The second kappa shape index (κ2) is 6.60. The van der Waals surface area contributed by atoms with Crippen molar-refractivity contribution in [2.75, 3.05) is 6.54 Å². The van der Waals surface area contributed by atoms with Crippen molar-refractivity contribution in [1.82, 2.24) is 20.3 Å². The lowest BCUT2D eigenvalue weighted by Crippen LogP contribution is -2.25. The van der Waals surface area contributed by atoms with Crippen LogP contribution in [0.15, 0.2) is 12.4 Å². The molecule has 1 N–H and O–H groups in total. The summed E-state index contributed by atoms with van der Waals surface area (Å²) in [6, 6.07) is 0. The summed E-state index contributed by atoms with van der Waals surface area (Å²) < 4.78 is 1.63. The molecule has 0 fully saturated rings. The van der Waals surface area contributed by atoms with Crippen LogP contribution >= 0.6 is 0 Å². The third kappa shape index (κ3) is 4.81. The van der Waals surface area contributed by atoms with Crippen molar-refractivity contribution >= 4 is 5.91 Å². The van der Waals surface area contributed by atoms with Gasteiger partial charge in [-0.2, -0.15) is 0 Å². The van der Waals surface area contributed by atoms with Gasteiger partial charge in [0, 0.05) is 25.6 Å². The smallest absolute Gasteiger partial charge is 0.221 e. The zero-order valence-electron chi connectivity index (χ0n) is 8.52. The van der Waals surface area contributed by atoms with Gasteiger partial charge in [-0.15, -0.1) is 17.4 Å². The molecule has 1 aromatic rings. The summed E-state index contributed by atoms with van der Waals surface area (Å²) in [4.78, 5) is 11.3. The molecular weight excluding hydrogens is 192 g/mol. The van der Waals surface area contributed by atoms with Crippen LogP contribution in [0.25, 0.3) is 0 Å². The Balaban J connectivity index is 2.07. The van der Waals surface area contributed by atoms with Gasteiger partial charge in [0.15, 0.2) is 0 Å². The fourth-order valence-corrected chi connectivity index (χ4v) is 1.07. The van der Waals surface area contributed by atoms with Crippen LogP contribution in [0.5, 0.6) is 0 Å². The highest BCUT2D eigenvalue weighted by atomic mass is 16.1. The molecule has 0 aromatic carbocycles. The SMILES string of the molecule is C#CCCCNC(=O)CCn1ccnn1. The first-order valence-corrected chi connectivity index (χ1v) is 4.87. The monoisotopic (exact) mass is 206 g/mol. The maximum atomic E-state index is 11.3. The molecule has 0 aliphatic rings. The average molecular weight is 206 g/mol. The van der Waals surface area contributed by atoms with Gasteiger partial charge in [0.25, 0.3) is 0 Å². The Kier molecular flexibility index (Phi) is 4.95. The Morgan fingerprint density at radius 3 is 3.13 bits per heavy atom. The number of carbonyl (C=O) groups excluding carboxylic acids is 1. The van der Waals surface area contributed by atoms with E-state index in [0.717, 1.165) is 6.42 Å². The molecule has 15 heavy (non-hydrogen) atoms. The van der Waals surface area contributed by atoms with Gasteiger partial charge in [0.2, 0.25) is 5.91 Å². The van der Waals surface area contributed by atoms with Crippen LogP contribution in [0.4, 0.5) is 0 Å². The van der Waals surface area contributed by atoms with E-state index in [1.54, 1.807) is 17.1 Å². The van der Waals surface area contributed by atoms with Crippen molar-refractivity contribution < 1.29 is 4.79 Å². The molecule has 0 unspecified atom stereocenters. The van der Waals surface area contributed by atoms with Crippen LogP contribution in [0.3, 0.4) is 0 Å². The van der Waals surface area contributed by atoms with Gasteiger partial charge >= 0.3 is 0 Å². The van der Waals surface area contributed by atoms with E-state index >= 15 is 0 Å². The highest BCUT2D eigenvalue weighted by Crippen LogP contribution is 1.89. The summed E-state index contributed by atoms with van der Waals surface area (Å²) >= 11 is 0. The van der Waals surface area contributed by atoms with E-state index in [1.807, 2.05) is 0 Å². The standard InChI is InChI=1S/C10H14N4O/c1-2-3-4-6-11-10(15)5-8-14-9-7-12-13-14/h1,7,9H,3-6,8H2,(H,11,15). The molecule has 0 bridgehead atoms. The highest BCUT2D eigenvalue weighted by Gasteiger charge is 2.00. The minimum absolute atomic E-state index is 0.0162. The Labute approximate surface area is 88.9 Å². The molecule has 0 atom stereocenters. The molecule has 5 heteroatoms. The third-order valence-electron chi connectivity index (χ3n) is 1.86. The van der Waals surface area contributed by atoms with Gasteiger partial charge < -0.3 is 5.32 Å². The van der Waals surface area contributed by atoms with Gasteiger partial charge in [-0.3, -0.25) is 9.48 Å².